The number of rotatable bonds is 2. The van der Waals surface area contributed by atoms with Crippen LogP contribution in [0.15, 0.2) is 24.3 Å². The second-order valence-electron chi connectivity index (χ2n) is 5.38. The number of piperidine rings is 1. The number of nitrogens with zero attached hydrogens (tertiary/aromatic N) is 3. The lowest BCUT2D eigenvalue weighted by atomic mass is 9.94. The Morgan fingerprint density at radius 2 is 2.10 bits per heavy atom. The largest absolute Gasteiger partial charge is 0.354 e. The van der Waals surface area contributed by atoms with E-state index in [9.17, 15) is 5.26 Å². The zero-order valence-electron chi connectivity index (χ0n) is 11.8. The van der Waals surface area contributed by atoms with E-state index in [2.05, 4.69) is 46.5 Å². The smallest absolute Gasteiger partial charge is 0.162 e. The first-order valence-electron chi connectivity index (χ1n) is 7.09. The lowest BCUT2D eigenvalue weighted by Crippen LogP contribution is -2.33. The average Bonchev–Trinajstić information content (AvgIpc) is 2.89. The van der Waals surface area contributed by atoms with Gasteiger partial charge in [0.05, 0.1) is 6.04 Å². The van der Waals surface area contributed by atoms with Gasteiger partial charge in [-0.25, -0.2) is 0 Å². The van der Waals surface area contributed by atoms with Crippen molar-refractivity contribution in [1.82, 2.24) is 4.37 Å². The van der Waals surface area contributed by atoms with Crippen molar-refractivity contribution in [3.8, 4) is 6.07 Å². The molecule has 2 aromatic rings. The Kier molecular flexibility index (Phi) is 4.14. The maximum Gasteiger partial charge on any atom is 0.162 e. The van der Waals surface area contributed by atoms with Crippen molar-refractivity contribution in [2.45, 2.75) is 32.2 Å². The molecule has 0 N–H and O–H groups in total. The maximum absolute atomic E-state index is 9.32. The first kappa shape index (κ1) is 14.4. The minimum atomic E-state index is 0.308. The van der Waals surface area contributed by atoms with Crippen molar-refractivity contribution in [3.63, 3.8) is 0 Å². The molecule has 3 nitrogen and oxygen atoms in total. The van der Waals surface area contributed by atoms with Gasteiger partial charge in [-0.15, -0.1) is 0 Å². The molecule has 0 amide bonds. The van der Waals surface area contributed by atoms with E-state index in [1.807, 2.05) is 0 Å². The van der Waals surface area contributed by atoms with Gasteiger partial charge in [-0.05, 0) is 43.3 Å². The molecule has 0 spiro atoms. The summed E-state index contributed by atoms with van der Waals surface area (Å²) in [5.74, 6) is 0. The van der Waals surface area contributed by atoms with Crippen molar-refractivity contribution in [1.29, 1.82) is 5.26 Å². The predicted octanol–water partition coefficient (Wildman–Crippen LogP) is 4.71. The highest BCUT2D eigenvalue weighted by Gasteiger charge is 2.28. The fourth-order valence-corrected chi connectivity index (χ4v) is 3.97. The number of hydrogen-bond donors (Lipinski definition) is 0. The van der Waals surface area contributed by atoms with Gasteiger partial charge in [0.25, 0.3) is 0 Å². The van der Waals surface area contributed by atoms with E-state index in [-0.39, 0.29) is 0 Å². The van der Waals surface area contributed by atoms with Crippen molar-refractivity contribution in [3.05, 3.63) is 46.1 Å². The van der Waals surface area contributed by atoms with Gasteiger partial charge in [0.15, 0.2) is 5.15 Å². The summed E-state index contributed by atoms with van der Waals surface area (Å²) in [4.78, 5) is 2.30. The molecule has 1 fully saturated rings. The van der Waals surface area contributed by atoms with Crippen LogP contribution in [0.25, 0.3) is 0 Å². The Balaban J connectivity index is 1.98. The Bertz CT molecular complexity index is 672. The summed E-state index contributed by atoms with van der Waals surface area (Å²) >= 11 is 7.36. The van der Waals surface area contributed by atoms with E-state index < -0.39 is 0 Å². The van der Waals surface area contributed by atoms with Crippen LogP contribution < -0.4 is 4.90 Å². The minimum Gasteiger partial charge on any atom is -0.354 e. The SMILES string of the molecule is Cc1ccc(C2CCCCN2c2snc(Cl)c2C#N)cc1. The fourth-order valence-electron chi connectivity index (χ4n) is 2.86. The van der Waals surface area contributed by atoms with Crippen LogP contribution in [0.5, 0.6) is 0 Å². The van der Waals surface area contributed by atoms with Crippen LogP contribution in [-0.4, -0.2) is 10.9 Å². The zero-order valence-corrected chi connectivity index (χ0v) is 13.4. The molecule has 1 atom stereocenters. The third-order valence-corrected chi connectivity index (χ3v) is 5.23. The van der Waals surface area contributed by atoms with Crippen LogP contribution in [0.3, 0.4) is 0 Å². The number of anilines is 1. The van der Waals surface area contributed by atoms with Crippen LogP contribution in [0.2, 0.25) is 5.15 Å². The molecule has 1 aromatic heterocycles. The molecule has 2 heterocycles. The third-order valence-electron chi connectivity index (χ3n) is 3.97. The molecule has 5 heteroatoms. The fraction of sp³-hybridized carbons (Fsp3) is 0.375. The number of aromatic nitrogens is 1. The van der Waals surface area contributed by atoms with Gasteiger partial charge >= 0.3 is 0 Å². The Morgan fingerprint density at radius 3 is 2.81 bits per heavy atom. The lowest BCUT2D eigenvalue weighted by Gasteiger charge is -2.36. The first-order chi connectivity index (χ1) is 10.2. The molecule has 1 aliphatic rings. The molecule has 0 radical (unpaired) electrons. The minimum absolute atomic E-state index is 0.308. The van der Waals surface area contributed by atoms with E-state index in [0.717, 1.165) is 24.4 Å². The van der Waals surface area contributed by atoms with Gasteiger partial charge in [0.2, 0.25) is 0 Å². The van der Waals surface area contributed by atoms with E-state index >= 15 is 0 Å². The van der Waals surface area contributed by atoms with Gasteiger partial charge in [-0.1, -0.05) is 41.4 Å². The van der Waals surface area contributed by atoms with Gasteiger partial charge in [0, 0.05) is 6.54 Å². The molecular weight excluding hydrogens is 302 g/mol. The molecule has 1 aromatic carbocycles. The monoisotopic (exact) mass is 317 g/mol. The first-order valence-corrected chi connectivity index (χ1v) is 8.24. The third kappa shape index (κ3) is 2.76. The average molecular weight is 318 g/mol. The molecule has 1 unspecified atom stereocenters. The van der Waals surface area contributed by atoms with Crippen molar-refractivity contribution >= 4 is 28.1 Å². The lowest BCUT2D eigenvalue weighted by molar-refractivity contribution is 0.475. The van der Waals surface area contributed by atoms with E-state index in [0.29, 0.717) is 16.8 Å². The van der Waals surface area contributed by atoms with E-state index in [1.54, 1.807) is 0 Å². The second kappa shape index (κ2) is 6.05. The van der Waals surface area contributed by atoms with Crippen LogP contribution in [0.1, 0.15) is 42.0 Å². The number of nitriles is 1. The highest BCUT2D eigenvalue weighted by molar-refractivity contribution is 7.10. The van der Waals surface area contributed by atoms with Crippen LogP contribution in [-0.2, 0) is 0 Å². The molecule has 1 saturated heterocycles. The predicted molar refractivity (Wildman–Crippen MR) is 87.0 cm³/mol. The van der Waals surface area contributed by atoms with Crippen molar-refractivity contribution < 1.29 is 0 Å². The number of aryl methyl sites for hydroxylation is 1. The molecule has 108 valence electrons. The molecule has 3 rings (SSSR count). The van der Waals surface area contributed by atoms with Crippen molar-refractivity contribution in [2.24, 2.45) is 0 Å². The summed E-state index contributed by atoms with van der Waals surface area (Å²) in [5, 5.41) is 10.6. The summed E-state index contributed by atoms with van der Waals surface area (Å²) < 4.78 is 4.15. The molecule has 1 aliphatic heterocycles. The van der Waals surface area contributed by atoms with Gasteiger partial charge in [0.1, 0.15) is 16.6 Å². The summed E-state index contributed by atoms with van der Waals surface area (Å²) in [5.41, 5.74) is 3.08. The summed E-state index contributed by atoms with van der Waals surface area (Å²) in [6.07, 6.45) is 3.45. The van der Waals surface area contributed by atoms with Gasteiger partial charge < -0.3 is 4.90 Å². The Hall–Kier alpha value is -1.57. The number of halogens is 1. The molecule has 21 heavy (non-hydrogen) atoms. The topological polar surface area (TPSA) is 39.9 Å². The highest BCUT2D eigenvalue weighted by Crippen LogP contribution is 2.40. The zero-order chi connectivity index (χ0) is 14.8. The molecule has 0 aliphatic carbocycles. The number of hydrogen-bond acceptors (Lipinski definition) is 4. The quantitative estimate of drug-likeness (QED) is 0.805. The summed E-state index contributed by atoms with van der Waals surface area (Å²) in [6, 6.07) is 11.2. The number of benzene rings is 1. The Morgan fingerprint density at radius 1 is 1.33 bits per heavy atom. The standard InChI is InChI=1S/C16H16ClN3S/c1-11-5-7-12(8-6-11)14-4-2-3-9-20(14)16-13(10-18)15(17)19-21-16/h5-8,14H,2-4,9H2,1H3. The highest BCUT2D eigenvalue weighted by atomic mass is 35.5. The van der Waals surface area contributed by atoms with E-state index in [1.165, 1.54) is 29.1 Å². The normalized spacial score (nSPS) is 18.5. The molecule has 0 bridgehead atoms. The van der Waals surface area contributed by atoms with Crippen LogP contribution in [0, 0.1) is 18.3 Å². The molecule has 0 saturated carbocycles. The second-order valence-corrected chi connectivity index (χ2v) is 6.49. The molecular formula is C16H16ClN3S. The van der Waals surface area contributed by atoms with Crippen LogP contribution >= 0.6 is 23.1 Å². The van der Waals surface area contributed by atoms with Gasteiger partial charge in [-0.3, -0.25) is 0 Å². The Labute approximate surface area is 133 Å². The summed E-state index contributed by atoms with van der Waals surface area (Å²) in [7, 11) is 0. The maximum atomic E-state index is 9.32. The van der Waals surface area contributed by atoms with Crippen molar-refractivity contribution in [2.75, 3.05) is 11.4 Å². The van der Waals surface area contributed by atoms with Crippen LogP contribution in [0.4, 0.5) is 5.00 Å². The summed E-state index contributed by atoms with van der Waals surface area (Å²) in [6.45, 7) is 3.05. The van der Waals surface area contributed by atoms with E-state index in [4.69, 9.17) is 11.6 Å². The van der Waals surface area contributed by atoms with Gasteiger partial charge in [-0.2, -0.15) is 9.64 Å².